The van der Waals surface area contributed by atoms with Crippen LogP contribution in [0.3, 0.4) is 0 Å². The summed E-state index contributed by atoms with van der Waals surface area (Å²) in [7, 11) is 0. The molecule has 4 heteroatoms. The number of hydrogen-bond donors (Lipinski definition) is 0. The van der Waals surface area contributed by atoms with Crippen LogP contribution in [0, 0.1) is 11.6 Å². The van der Waals surface area contributed by atoms with Crippen molar-refractivity contribution in [3.8, 4) is 0 Å². The molecule has 2 rings (SSSR count). The molecule has 0 saturated carbocycles. The summed E-state index contributed by atoms with van der Waals surface area (Å²) < 4.78 is 26.2. The van der Waals surface area contributed by atoms with Crippen LogP contribution in [0.1, 0.15) is 25.8 Å². The van der Waals surface area contributed by atoms with Gasteiger partial charge in [-0.2, -0.15) is 0 Å². The number of anilines is 1. The molecule has 116 valence electrons. The summed E-state index contributed by atoms with van der Waals surface area (Å²) in [6.45, 7) is 3.81. The number of aryl methyl sites for hydroxylation is 1. The average Bonchev–Trinajstić information content (AvgIpc) is 2.47. The van der Waals surface area contributed by atoms with Gasteiger partial charge in [0.15, 0.2) is 0 Å². The lowest BCUT2D eigenvalue weighted by molar-refractivity contribution is -0.118. The first-order chi connectivity index (χ1) is 10.5. The second-order valence-electron chi connectivity index (χ2n) is 5.46. The topological polar surface area (TPSA) is 20.3 Å². The Morgan fingerprint density at radius 3 is 2.32 bits per heavy atom. The van der Waals surface area contributed by atoms with Gasteiger partial charge in [0, 0.05) is 18.2 Å². The van der Waals surface area contributed by atoms with Crippen LogP contribution in [-0.4, -0.2) is 11.9 Å². The molecule has 0 fully saturated rings. The number of rotatable bonds is 5. The molecule has 2 aromatic carbocycles. The van der Waals surface area contributed by atoms with Crippen LogP contribution >= 0.6 is 0 Å². The Morgan fingerprint density at radius 1 is 1.05 bits per heavy atom. The number of nitrogens with zero attached hydrogens (tertiary/aromatic N) is 1. The van der Waals surface area contributed by atoms with Crippen molar-refractivity contribution < 1.29 is 13.6 Å². The van der Waals surface area contributed by atoms with Gasteiger partial charge in [-0.1, -0.05) is 12.1 Å². The second-order valence-corrected chi connectivity index (χ2v) is 5.46. The van der Waals surface area contributed by atoms with Crippen LogP contribution < -0.4 is 4.90 Å². The fraction of sp³-hybridized carbons (Fsp3) is 0.278. The number of halogens is 2. The molecule has 2 aromatic rings. The van der Waals surface area contributed by atoms with Crippen LogP contribution in [0.2, 0.25) is 0 Å². The molecule has 0 aliphatic rings. The summed E-state index contributed by atoms with van der Waals surface area (Å²) >= 11 is 0. The van der Waals surface area contributed by atoms with Gasteiger partial charge in [0.1, 0.15) is 11.6 Å². The molecule has 22 heavy (non-hydrogen) atoms. The van der Waals surface area contributed by atoms with E-state index in [1.807, 2.05) is 13.8 Å². The lowest BCUT2D eigenvalue weighted by atomic mass is 10.1. The molecule has 2 nitrogen and oxygen atoms in total. The van der Waals surface area contributed by atoms with Crippen molar-refractivity contribution in [2.45, 2.75) is 32.7 Å². The molecule has 0 bridgehead atoms. The molecule has 0 radical (unpaired) electrons. The maximum absolute atomic E-state index is 13.2. The van der Waals surface area contributed by atoms with E-state index in [4.69, 9.17) is 0 Å². The molecular weight excluding hydrogens is 284 g/mol. The first-order valence-electron chi connectivity index (χ1n) is 7.29. The average molecular weight is 303 g/mol. The SMILES string of the molecule is CC(C)N(C(=O)CCc1cccc(F)c1)c1ccc(F)cc1. The van der Waals surface area contributed by atoms with Gasteiger partial charge in [0.25, 0.3) is 0 Å². The highest BCUT2D eigenvalue weighted by Gasteiger charge is 2.18. The van der Waals surface area contributed by atoms with Crippen molar-refractivity contribution in [1.29, 1.82) is 0 Å². The maximum Gasteiger partial charge on any atom is 0.227 e. The predicted octanol–water partition coefficient (Wildman–Crippen LogP) is 4.34. The summed E-state index contributed by atoms with van der Waals surface area (Å²) in [5.41, 5.74) is 1.46. The quantitative estimate of drug-likeness (QED) is 0.804. The van der Waals surface area contributed by atoms with Gasteiger partial charge in [0.2, 0.25) is 5.91 Å². The zero-order valence-corrected chi connectivity index (χ0v) is 12.7. The van der Waals surface area contributed by atoms with Crippen molar-refractivity contribution in [3.05, 3.63) is 65.7 Å². The third-order valence-electron chi connectivity index (χ3n) is 3.41. The van der Waals surface area contributed by atoms with E-state index in [1.165, 1.54) is 24.3 Å². The normalized spacial score (nSPS) is 10.8. The summed E-state index contributed by atoms with van der Waals surface area (Å²) in [5, 5.41) is 0. The molecule has 0 aliphatic heterocycles. The highest BCUT2D eigenvalue weighted by molar-refractivity contribution is 5.93. The van der Waals surface area contributed by atoms with Gasteiger partial charge in [0.05, 0.1) is 0 Å². The monoisotopic (exact) mass is 303 g/mol. The van der Waals surface area contributed by atoms with E-state index < -0.39 is 0 Å². The van der Waals surface area contributed by atoms with Gasteiger partial charge >= 0.3 is 0 Å². The third-order valence-corrected chi connectivity index (χ3v) is 3.41. The number of carbonyl (C=O) groups excluding carboxylic acids is 1. The van der Waals surface area contributed by atoms with Gasteiger partial charge < -0.3 is 4.90 Å². The van der Waals surface area contributed by atoms with E-state index in [0.29, 0.717) is 12.1 Å². The number of carbonyl (C=O) groups is 1. The Kier molecular flexibility index (Phi) is 5.26. The molecule has 0 atom stereocenters. The molecule has 0 aliphatic carbocycles. The van der Waals surface area contributed by atoms with E-state index in [9.17, 15) is 13.6 Å². The Balaban J connectivity index is 2.08. The van der Waals surface area contributed by atoms with Gasteiger partial charge in [-0.05, 0) is 62.2 Å². The Morgan fingerprint density at radius 2 is 1.73 bits per heavy atom. The van der Waals surface area contributed by atoms with Crippen LogP contribution in [0.5, 0.6) is 0 Å². The van der Waals surface area contributed by atoms with Gasteiger partial charge in [-0.15, -0.1) is 0 Å². The molecule has 0 saturated heterocycles. The maximum atomic E-state index is 13.2. The van der Waals surface area contributed by atoms with Gasteiger partial charge in [-0.25, -0.2) is 8.78 Å². The van der Waals surface area contributed by atoms with E-state index in [-0.39, 0.29) is 30.0 Å². The molecule has 0 heterocycles. The number of hydrogen-bond acceptors (Lipinski definition) is 1. The first kappa shape index (κ1) is 16.1. The van der Waals surface area contributed by atoms with Crippen LogP contribution in [0.15, 0.2) is 48.5 Å². The minimum atomic E-state index is -0.334. The molecule has 0 unspecified atom stereocenters. The molecule has 1 amide bonds. The van der Waals surface area contributed by atoms with E-state index in [1.54, 1.807) is 29.2 Å². The zero-order valence-electron chi connectivity index (χ0n) is 12.7. The van der Waals surface area contributed by atoms with Crippen molar-refractivity contribution in [3.63, 3.8) is 0 Å². The number of benzene rings is 2. The van der Waals surface area contributed by atoms with Crippen molar-refractivity contribution in [1.82, 2.24) is 0 Å². The Labute approximate surface area is 129 Å². The van der Waals surface area contributed by atoms with E-state index in [0.717, 1.165) is 5.56 Å². The summed E-state index contributed by atoms with van der Waals surface area (Å²) in [5.74, 6) is -0.699. The van der Waals surface area contributed by atoms with E-state index >= 15 is 0 Å². The Bertz CT molecular complexity index is 638. The molecular formula is C18H19F2NO. The van der Waals surface area contributed by atoms with Crippen LogP contribution in [-0.2, 0) is 11.2 Å². The molecule has 0 spiro atoms. The summed E-state index contributed by atoms with van der Waals surface area (Å²) in [4.78, 5) is 14.1. The second kappa shape index (κ2) is 7.16. The lowest BCUT2D eigenvalue weighted by Gasteiger charge is -2.27. The van der Waals surface area contributed by atoms with Crippen LogP contribution in [0.25, 0.3) is 0 Å². The third kappa shape index (κ3) is 4.13. The highest BCUT2D eigenvalue weighted by Crippen LogP contribution is 2.19. The standard InChI is InChI=1S/C18H19F2NO/c1-13(2)21(17-9-7-15(19)8-10-17)18(22)11-6-14-4-3-5-16(20)12-14/h3-5,7-10,12-13H,6,11H2,1-2H3. The fourth-order valence-corrected chi connectivity index (χ4v) is 2.40. The number of amides is 1. The minimum Gasteiger partial charge on any atom is -0.310 e. The fourth-order valence-electron chi connectivity index (χ4n) is 2.40. The van der Waals surface area contributed by atoms with Gasteiger partial charge in [-0.3, -0.25) is 4.79 Å². The van der Waals surface area contributed by atoms with Crippen molar-refractivity contribution in [2.24, 2.45) is 0 Å². The largest absolute Gasteiger partial charge is 0.310 e. The van der Waals surface area contributed by atoms with Crippen molar-refractivity contribution in [2.75, 3.05) is 4.90 Å². The lowest BCUT2D eigenvalue weighted by Crippen LogP contribution is -2.37. The predicted molar refractivity (Wildman–Crippen MR) is 83.7 cm³/mol. The summed E-state index contributed by atoms with van der Waals surface area (Å²) in [6, 6.07) is 12.1. The van der Waals surface area contributed by atoms with Crippen molar-refractivity contribution >= 4 is 11.6 Å². The minimum absolute atomic E-state index is 0.0366. The molecule has 0 N–H and O–H groups in total. The van der Waals surface area contributed by atoms with E-state index in [2.05, 4.69) is 0 Å². The first-order valence-corrected chi connectivity index (χ1v) is 7.29. The zero-order chi connectivity index (χ0) is 16.1. The highest BCUT2D eigenvalue weighted by atomic mass is 19.1. The summed E-state index contributed by atoms with van der Waals surface area (Å²) in [6.07, 6.45) is 0.750. The Hall–Kier alpha value is -2.23. The molecule has 0 aromatic heterocycles. The smallest absolute Gasteiger partial charge is 0.227 e. The van der Waals surface area contributed by atoms with Crippen LogP contribution in [0.4, 0.5) is 14.5 Å².